The van der Waals surface area contributed by atoms with Crippen molar-refractivity contribution in [2.24, 2.45) is 0 Å². The normalized spacial score (nSPS) is 15.4. The molecule has 2 aromatic rings. The lowest BCUT2D eigenvalue weighted by Crippen LogP contribution is -2.29. The van der Waals surface area contributed by atoms with Crippen LogP contribution in [-0.4, -0.2) is 18.1 Å². The van der Waals surface area contributed by atoms with Crippen molar-refractivity contribution in [3.63, 3.8) is 0 Å². The molecule has 3 rings (SSSR count). The molecule has 0 radical (unpaired) electrons. The Morgan fingerprint density at radius 2 is 2.05 bits per heavy atom. The first-order valence-electron chi connectivity index (χ1n) is 6.85. The lowest BCUT2D eigenvalue weighted by molar-refractivity contribution is -0.138. The average Bonchev–Trinajstić information content (AvgIpc) is 2.43. The SMILES string of the molecule is CCN1CCCc2cc3c(C(F)(F)F)c(F)cnc3cc21. The van der Waals surface area contributed by atoms with Gasteiger partial charge in [0.2, 0.25) is 0 Å². The van der Waals surface area contributed by atoms with Gasteiger partial charge < -0.3 is 4.90 Å². The smallest absolute Gasteiger partial charge is 0.372 e. The summed E-state index contributed by atoms with van der Waals surface area (Å²) in [4.78, 5) is 5.94. The van der Waals surface area contributed by atoms with Gasteiger partial charge in [-0.3, -0.25) is 4.98 Å². The molecule has 0 N–H and O–H groups in total. The van der Waals surface area contributed by atoms with Crippen molar-refractivity contribution in [3.05, 3.63) is 35.3 Å². The number of aromatic nitrogens is 1. The van der Waals surface area contributed by atoms with Crippen LogP contribution in [0.1, 0.15) is 24.5 Å². The zero-order chi connectivity index (χ0) is 15.2. The van der Waals surface area contributed by atoms with E-state index in [1.54, 1.807) is 6.07 Å². The molecule has 1 aromatic heterocycles. The number of alkyl halides is 3. The monoisotopic (exact) mass is 298 g/mol. The Morgan fingerprint density at radius 3 is 2.71 bits per heavy atom. The van der Waals surface area contributed by atoms with Crippen molar-refractivity contribution in [1.82, 2.24) is 4.98 Å². The van der Waals surface area contributed by atoms with E-state index in [1.807, 2.05) is 6.92 Å². The Hall–Kier alpha value is -1.85. The van der Waals surface area contributed by atoms with Gasteiger partial charge in [-0.25, -0.2) is 4.39 Å². The number of nitrogens with zero attached hydrogens (tertiary/aromatic N) is 2. The van der Waals surface area contributed by atoms with Crippen molar-refractivity contribution in [2.45, 2.75) is 25.9 Å². The standard InChI is InChI=1S/C15H14F4N2/c1-2-21-5-3-4-9-6-10-12(7-13(9)21)20-8-11(16)14(10)15(17,18)19/h6-8H,2-5H2,1H3. The number of benzene rings is 1. The molecule has 0 saturated heterocycles. The summed E-state index contributed by atoms with van der Waals surface area (Å²) < 4.78 is 52.8. The molecule has 0 fully saturated rings. The second-order valence-electron chi connectivity index (χ2n) is 5.16. The molecule has 0 amide bonds. The highest BCUT2D eigenvalue weighted by molar-refractivity contribution is 5.88. The largest absolute Gasteiger partial charge is 0.419 e. The van der Waals surface area contributed by atoms with E-state index >= 15 is 0 Å². The van der Waals surface area contributed by atoms with Gasteiger partial charge in [-0.2, -0.15) is 13.2 Å². The second kappa shape index (κ2) is 4.86. The van der Waals surface area contributed by atoms with Crippen molar-refractivity contribution in [1.29, 1.82) is 0 Å². The number of fused-ring (bicyclic) bond motifs is 2. The van der Waals surface area contributed by atoms with E-state index < -0.39 is 17.6 Å². The number of pyridine rings is 1. The maximum absolute atomic E-state index is 13.6. The minimum absolute atomic E-state index is 0.154. The molecule has 0 unspecified atom stereocenters. The summed E-state index contributed by atoms with van der Waals surface area (Å²) in [5.74, 6) is -1.32. The highest BCUT2D eigenvalue weighted by Gasteiger charge is 2.37. The third-order valence-corrected chi connectivity index (χ3v) is 3.90. The van der Waals surface area contributed by atoms with Crippen LogP contribution < -0.4 is 4.90 Å². The first-order chi connectivity index (χ1) is 9.91. The molecule has 1 aromatic carbocycles. The lowest BCUT2D eigenvalue weighted by atomic mass is 9.97. The lowest BCUT2D eigenvalue weighted by Gasteiger charge is -2.30. The van der Waals surface area contributed by atoms with Crippen molar-refractivity contribution in [3.8, 4) is 0 Å². The fraction of sp³-hybridized carbons (Fsp3) is 0.400. The highest BCUT2D eigenvalue weighted by Crippen LogP contribution is 2.39. The van der Waals surface area contributed by atoms with Crippen LogP contribution in [0.5, 0.6) is 0 Å². The summed E-state index contributed by atoms with van der Waals surface area (Å²) in [6.45, 7) is 3.66. The molecule has 1 aliphatic heterocycles. The highest BCUT2D eigenvalue weighted by atomic mass is 19.4. The van der Waals surface area contributed by atoms with E-state index in [2.05, 4.69) is 9.88 Å². The first-order valence-corrected chi connectivity index (χ1v) is 6.85. The summed E-state index contributed by atoms with van der Waals surface area (Å²) in [5, 5.41) is -0.154. The molecular formula is C15H14F4N2. The van der Waals surface area contributed by atoms with E-state index in [4.69, 9.17) is 0 Å². The van der Waals surface area contributed by atoms with Crippen molar-refractivity contribution in [2.75, 3.05) is 18.0 Å². The quantitative estimate of drug-likeness (QED) is 0.735. The summed E-state index contributed by atoms with van der Waals surface area (Å²) in [6, 6.07) is 3.09. The fourth-order valence-corrected chi connectivity index (χ4v) is 2.94. The molecular weight excluding hydrogens is 284 g/mol. The molecule has 2 nitrogen and oxygen atoms in total. The zero-order valence-electron chi connectivity index (χ0n) is 11.5. The molecule has 0 atom stereocenters. The molecule has 2 heterocycles. The van der Waals surface area contributed by atoms with Crippen LogP contribution in [0.15, 0.2) is 18.3 Å². The van der Waals surface area contributed by atoms with Gasteiger partial charge >= 0.3 is 6.18 Å². The summed E-state index contributed by atoms with van der Waals surface area (Å²) in [7, 11) is 0. The van der Waals surface area contributed by atoms with Crippen LogP contribution in [0.25, 0.3) is 10.9 Å². The fourth-order valence-electron chi connectivity index (χ4n) is 2.94. The number of aryl methyl sites for hydroxylation is 1. The number of halogens is 4. The van der Waals surface area contributed by atoms with Gasteiger partial charge in [-0.1, -0.05) is 0 Å². The minimum Gasteiger partial charge on any atom is -0.372 e. The van der Waals surface area contributed by atoms with Gasteiger partial charge in [0.25, 0.3) is 0 Å². The number of hydrogen-bond donors (Lipinski definition) is 0. The van der Waals surface area contributed by atoms with Gasteiger partial charge in [0.15, 0.2) is 5.82 Å². The van der Waals surface area contributed by atoms with Gasteiger partial charge in [0, 0.05) is 24.2 Å². The molecule has 1 aliphatic rings. The molecule has 0 saturated carbocycles. The topological polar surface area (TPSA) is 16.1 Å². The second-order valence-corrected chi connectivity index (χ2v) is 5.16. The van der Waals surface area contributed by atoms with E-state index in [9.17, 15) is 17.6 Å². The van der Waals surface area contributed by atoms with Crippen LogP contribution in [0.4, 0.5) is 23.2 Å². The van der Waals surface area contributed by atoms with E-state index in [1.165, 1.54) is 6.07 Å². The Kier molecular flexibility index (Phi) is 3.26. The summed E-state index contributed by atoms with van der Waals surface area (Å²) in [6.07, 6.45) is -2.48. The molecule has 112 valence electrons. The predicted octanol–water partition coefficient (Wildman–Crippen LogP) is 4.17. The maximum atomic E-state index is 13.6. The van der Waals surface area contributed by atoms with Crippen molar-refractivity contribution >= 4 is 16.6 Å². The predicted molar refractivity (Wildman–Crippen MR) is 72.9 cm³/mol. The third kappa shape index (κ3) is 2.32. The minimum atomic E-state index is -4.72. The molecule has 6 heteroatoms. The van der Waals surface area contributed by atoms with Gasteiger partial charge in [-0.05, 0) is 37.5 Å². The van der Waals surface area contributed by atoms with Crippen LogP contribution >= 0.6 is 0 Å². The number of rotatable bonds is 1. The molecule has 21 heavy (non-hydrogen) atoms. The van der Waals surface area contributed by atoms with Crippen LogP contribution in [0.3, 0.4) is 0 Å². The number of hydrogen-bond acceptors (Lipinski definition) is 2. The van der Waals surface area contributed by atoms with Crippen LogP contribution in [0.2, 0.25) is 0 Å². The van der Waals surface area contributed by atoms with Crippen LogP contribution in [-0.2, 0) is 12.6 Å². The average molecular weight is 298 g/mol. The van der Waals surface area contributed by atoms with Gasteiger partial charge in [-0.15, -0.1) is 0 Å². The molecule has 0 bridgehead atoms. The van der Waals surface area contributed by atoms with Gasteiger partial charge in [0.1, 0.15) is 5.56 Å². The van der Waals surface area contributed by atoms with E-state index in [0.29, 0.717) is 12.6 Å². The Labute approximate surface area is 119 Å². The van der Waals surface area contributed by atoms with E-state index in [0.717, 1.165) is 30.8 Å². The van der Waals surface area contributed by atoms with Crippen molar-refractivity contribution < 1.29 is 17.6 Å². The first kappa shape index (κ1) is 14.1. The van der Waals surface area contributed by atoms with E-state index in [-0.39, 0.29) is 10.9 Å². The maximum Gasteiger partial charge on any atom is 0.419 e. The van der Waals surface area contributed by atoms with Crippen LogP contribution in [0, 0.1) is 5.82 Å². The Bertz CT molecular complexity index is 694. The Morgan fingerprint density at radius 1 is 1.29 bits per heavy atom. The molecule has 0 aliphatic carbocycles. The summed E-state index contributed by atoms with van der Waals surface area (Å²) >= 11 is 0. The molecule has 0 spiro atoms. The zero-order valence-corrected chi connectivity index (χ0v) is 11.5. The Balaban J connectivity index is 2.29. The van der Waals surface area contributed by atoms with Gasteiger partial charge in [0.05, 0.1) is 11.7 Å². The summed E-state index contributed by atoms with van der Waals surface area (Å²) in [5.41, 5.74) is 0.698. The third-order valence-electron chi connectivity index (χ3n) is 3.90. The number of anilines is 1.